The number of nitrogens with zero attached hydrogens (tertiary/aromatic N) is 4. The Morgan fingerprint density at radius 3 is 1.54 bits per heavy atom. The molecule has 4 heterocycles. The highest BCUT2D eigenvalue weighted by molar-refractivity contribution is 7.84. The highest BCUT2D eigenvalue weighted by Gasteiger charge is 2.43. The number of rotatable bonds is 12. The van der Waals surface area contributed by atoms with E-state index in [9.17, 15) is 23.4 Å². The van der Waals surface area contributed by atoms with Crippen LogP contribution >= 0.6 is 23.2 Å². The van der Waals surface area contributed by atoms with E-state index in [1.54, 1.807) is 52.5 Å². The summed E-state index contributed by atoms with van der Waals surface area (Å²) < 4.78 is 22.4. The molecule has 2 aliphatic rings. The number of H-pyrrole nitrogens is 2. The van der Waals surface area contributed by atoms with E-state index in [1.807, 2.05) is 72.8 Å². The van der Waals surface area contributed by atoms with Gasteiger partial charge in [-0.15, -0.1) is 0 Å². The van der Waals surface area contributed by atoms with E-state index >= 15 is 0 Å². The molecule has 336 valence electrons. The molecular formula is C47H46Cl2N8O7S. The minimum Gasteiger partial charge on any atom is -0.453 e. The largest absolute Gasteiger partial charge is 0.453 e. The van der Waals surface area contributed by atoms with Crippen LogP contribution in [-0.4, -0.2) is 96.8 Å². The minimum atomic E-state index is -1.24. The van der Waals surface area contributed by atoms with Crippen LogP contribution in [0.25, 0.3) is 33.6 Å². The van der Waals surface area contributed by atoms with Crippen LogP contribution in [0.4, 0.5) is 9.59 Å². The van der Waals surface area contributed by atoms with Gasteiger partial charge in [0.2, 0.25) is 0 Å². The van der Waals surface area contributed by atoms with Crippen LogP contribution in [0.3, 0.4) is 0 Å². The van der Waals surface area contributed by atoms with E-state index in [0.717, 1.165) is 28.7 Å². The Hall–Kier alpha value is -6.49. The van der Waals surface area contributed by atoms with Crippen molar-refractivity contribution in [1.29, 1.82) is 0 Å². The lowest BCUT2D eigenvalue weighted by atomic mass is 10.0. The number of imidazole rings is 2. The molecular weight excluding hydrogens is 892 g/mol. The first kappa shape index (κ1) is 45.1. The molecule has 6 atom stereocenters. The summed E-state index contributed by atoms with van der Waals surface area (Å²) in [5, 5.41) is 5.65. The quantitative estimate of drug-likeness (QED) is 0.0935. The molecule has 4 aromatic carbocycles. The summed E-state index contributed by atoms with van der Waals surface area (Å²) in [5.74, 6) is 0.327. The maximum absolute atomic E-state index is 14.2. The first-order valence-corrected chi connectivity index (χ1v) is 23.3. The molecule has 2 fully saturated rings. The van der Waals surface area contributed by atoms with Crippen molar-refractivity contribution < 1.29 is 32.9 Å². The van der Waals surface area contributed by atoms with E-state index in [1.165, 1.54) is 14.2 Å². The number of halogens is 2. The second-order valence-corrected chi connectivity index (χ2v) is 18.2. The summed E-state index contributed by atoms with van der Waals surface area (Å²) in [4.78, 5) is 72.3. The first-order chi connectivity index (χ1) is 31.4. The molecule has 2 saturated heterocycles. The van der Waals surface area contributed by atoms with Gasteiger partial charge >= 0.3 is 12.2 Å². The summed E-state index contributed by atoms with van der Waals surface area (Å²) in [6.07, 6.45) is 1.94. The Morgan fingerprint density at radius 1 is 0.662 bits per heavy atom. The third kappa shape index (κ3) is 9.65. The number of ether oxygens (including phenoxy) is 2. The van der Waals surface area contributed by atoms with Gasteiger partial charge < -0.3 is 39.9 Å². The second kappa shape index (κ2) is 19.7. The summed E-state index contributed by atoms with van der Waals surface area (Å²) in [6, 6.07) is 30.5. The van der Waals surface area contributed by atoms with Crippen molar-refractivity contribution in [1.82, 2.24) is 40.4 Å². The molecule has 0 bridgehead atoms. The van der Waals surface area contributed by atoms with Gasteiger partial charge in [0.15, 0.2) is 0 Å². The van der Waals surface area contributed by atoms with Crippen LogP contribution in [0.15, 0.2) is 109 Å². The standard InChI is InChI=1S/C47H46Cl2N8O7S/c1-63-46(60)52-38(29-11-6-4-7-12-29)44(58)56-24-10-15-34(56)42-50-36(40(48)54-42)31-20-16-27(17-21-31)28-18-22-32(23-19-28)37-41(49)55-43(51-37)35-25-33(65(3)62)26-57(35)45(59)39(53-47(61)64-2)30-13-8-5-9-14-30/h4-9,11-14,16-23,33-35,38-39H,10,15,24-26H2,1-3H3,(H,50,54)(H,51,55)(H,52,60)(H,53,61)/t33-,34-,35-,38-,39-,65?/m0/s1. The van der Waals surface area contributed by atoms with Crippen molar-refractivity contribution in [2.24, 2.45) is 0 Å². The third-order valence-electron chi connectivity index (χ3n) is 11.8. The van der Waals surface area contributed by atoms with E-state index in [2.05, 4.69) is 20.6 Å². The molecule has 0 radical (unpaired) electrons. The molecule has 18 heteroatoms. The number of benzene rings is 4. The fourth-order valence-corrected chi connectivity index (χ4v) is 9.80. The zero-order chi connectivity index (χ0) is 45.8. The average Bonchev–Trinajstić information content (AvgIpc) is 4.16. The Kier molecular flexibility index (Phi) is 13.7. The Balaban J connectivity index is 0.981. The fourth-order valence-electron chi connectivity index (χ4n) is 8.48. The smallest absolute Gasteiger partial charge is 0.407 e. The number of hydrogen-bond donors (Lipinski definition) is 4. The van der Waals surface area contributed by atoms with Crippen molar-refractivity contribution in [3.8, 4) is 33.6 Å². The van der Waals surface area contributed by atoms with Gasteiger partial charge in [-0.2, -0.15) is 0 Å². The number of aromatic nitrogens is 4. The number of aromatic amines is 2. The summed E-state index contributed by atoms with van der Waals surface area (Å²) >= 11 is 13.6. The SMILES string of the molecule is COC(=O)N[C@H](C(=O)N1CCC[C@H]1c1nc(-c2ccc(-c3ccc(-c4nc([C@@H]5C[C@H](S(C)=O)CN5C(=O)[C@@H](NC(=O)OC)c5ccccc5)[nH]c4Cl)cc3)cc2)c(Cl)[nH]1)c1ccccc1. The van der Waals surface area contributed by atoms with Crippen molar-refractivity contribution in [3.63, 3.8) is 0 Å². The molecule has 0 saturated carbocycles. The molecule has 65 heavy (non-hydrogen) atoms. The van der Waals surface area contributed by atoms with Gasteiger partial charge in [0.1, 0.15) is 45.4 Å². The second-order valence-electron chi connectivity index (χ2n) is 15.7. The molecule has 15 nitrogen and oxygen atoms in total. The van der Waals surface area contributed by atoms with E-state index in [-0.39, 0.29) is 28.9 Å². The first-order valence-electron chi connectivity index (χ1n) is 20.9. The predicted molar refractivity (Wildman–Crippen MR) is 247 cm³/mol. The van der Waals surface area contributed by atoms with Crippen LogP contribution in [0.1, 0.15) is 66.2 Å². The number of alkyl carbamates (subject to hydrolysis) is 2. The summed E-state index contributed by atoms with van der Waals surface area (Å²) in [7, 11) is 1.25. The molecule has 4 N–H and O–H groups in total. The molecule has 2 aromatic heterocycles. The maximum Gasteiger partial charge on any atom is 0.407 e. The zero-order valence-electron chi connectivity index (χ0n) is 35.6. The number of hydrogen-bond acceptors (Lipinski definition) is 9. The Bertz CT molecular complexity index is 2700. The van der Waals surface area contributed by atoms with Crippen LogP contribution in [-0.2, 0) is 29.9 Å². The van der Waals surface area contributed by atoms with Gasteiger partial charge in [0.25, 0.3) is 11.8 Å². The number of carbonyl (C=O) groups is 4. The number of carbonyl (C=O) groups excluding carboxylic acids is 4. The molecule has 8 rings (SSSR count). The van der Waals surface area contributed by atoms with Gasteiger partial charge in [-0.1, -0.05) is 132 Å². The lowest BCUT2D eigenvalue weighted by Gasteiger charge is -2.28. The van der Waals surface area contributed by atoms with Crippen LogP contribution in [0.5, 0.6) is 0 Å². The van der Waals surface area contributed by atoms with Crippen molar-refractivity contribution in [2.75, 3.05) is 33.6 Å². The molecule has 0 aliphatic carbocycles. The molecule has 6 aromatic rings. The predicted octanol–water partition coefficient (Wildman–Crippen LogP) is 8.32. The van der Waals surface area contributed by atoms with Crippen LogP contribution in [0, 0.1) is 0 Å². The van der Waals surface area contributed by atoms with Gasteiger partial charge in [0.05, 0.1) is 31.6 Å². The van der Waals surface area contributed by atoms with E-state index in [0.29, 0.717) is 58.7 Å². The van der Waals surface area contributed by atoms with Crippen LogP contribution in [0.2, 0.25) is 10.3 Å². The van der Waals surface area contributed by atoms with Gasteiger partial charge in [0, 0.05) is 41.3 Å². The number of amides is 4. The number of likely N-dealkylation sites (tertiary alicyclic amines) is 2. The Morgan fingerprint density at radius 2 is 1.09 bits per heavy atom. The number of methoxy groups -OCH3 is 2. The molecule has 4 amide bonds. The van der Waals surface area contributed by atoms with Gasteiger partial charge in [-0.25, -0.2) is 19.6 Å². The lowest BCUT2D eigenvalue weighted by Crippen LogP contribution is -2.43. The molecule has 1 unspecified atom stereocenters. The van der Waals surface area contributed by atoms with E-state index < -0.39 is 47.0 Å². The minimum absolute atomic E-state index is 0.195. The highest BCUT2D eigenvalue weighted by Crippen LogP contribution is 2.40. The molecule has 0 spiro atoms. The number of nitrogens with one attached hydrogen (secondary N) is 4. The average molecular weight is 938 g/mol. The summed E-state index contributed by atoms with van der Waals surface area (Å²) in [6.45, 7) is 0.682. The fraction of sp³-hybridized carbons (Fsp3) is 0.277. The Labute approximate surface area is 387 Å². The lowest BCUT2D eigenvalue weighted by molar-refractivity contribution is -0.135. The zero-order valence-corrected chi connectivity index (χ0v) is 38.0. The third-order valence-corrected chi connectivity index (χ3v) is 13.7. The monoisotopic (exact) mass is 936 g/mol. The van der Waals surface area contributed by atoms with E-state index in [4.69, 9.17) is 42.6 Å². The summed E-state index contributed by atoms with van der Waals surface area (Å²) in [5.41, 5.74) is 5.64. The maximum atomic E-state index is 14.2. The van der Waals surface area contributed by atoms with Crippen molar-refractivity contribution in [3.05, 3.63) is 142 Å². The highest BCUT2D eigenvalue weighted by atomic mass is 35.5. The topological polar surface area (TPSA) is 192 Å². The van der Waals surface area contributed by atoms with Gasteiger partial charge in [-0.05, 0) is 41.5 Å². The van der Waals surface area contributed by atoms with Crippen molar-refractivity contribution >= 4 is 58.0 Å². The van der Waals surface area contributed by atoms with Crippen LogP contribution < -0.4 is 10.6 Å². The van der Waals surface area contributed by atoms with Gasteiger partial charge in [-0.3, -0.25) is 13.8 Å². The molecule has 2 aliphatic heterocycles. The normalized spacial score (nSPS) is 18.4. The van der Waals surface area contributed by atoms with Crippen molar-refractivity contribution in [2.45, 2.75) is 48.7 Å².